The zero-order chi connectivity index (χ0) is 15.1. The molecule has 1 aromatic heterocycles. The van der Waals surface area contributed by atoms with Gasteiger partial charge in [-0.15, -0.1) is 0 Å². The molecule has 1 aliphatic carbocycles. The molecule has 1 heterocycles. The predicted molar refractivity (Wildman–Crippen MR) is 86.0 cm³/mol. The van der Waals surface area contributed by atoms with Crippen molar-refractivity contribution >= 4 is 29.2 Å². The van der Waals surface area contributed by atoms with Gasteiger partial charge >= 0.3 is 0 Å². The van der Waals surface area contributed by atoms with E-state index in [4.69, 9.17) is 0 Å². The van der Waals surface area contributed by atoms with Crippen LogP contribution in [0.2, 0.25) is 0 Å². The van der Waals surface area contributed by atoms with Crippen molar-refractivity contribution in [2.75, 3.05) is 6.54 Å². The first-order chi connectivity index (χ1) is 10.2. The van der Waals surface area contributed by atoms with Gasteiger partial charge in [0.25, 0.3) is 0 Å². The lowest BCUT2D eigenvalue weighted by molar-refractivity contribution is -0.133. The normalized spacial score (nSPS) is 17.6. The first kappa shape index (κ1) is 15.8. The standard InChI is InChI=1S/C16H22N2O2S/c1-2-17-15(20)16(9-4-3-5-10-16)18-14(19)7-6-13-8-11-21-12-13/h6-8,11-12H,2-5,9-10H2,1H3,(H,17,20)(H,18,19)/b7-6-. The number of nitrogens with one attached hydrogen (secondary N) is 2. The van der Waals surface area contributed by atoms with E-state index in [2.05, 4.69) is 10.6 Å². The molecular weight excluding hydrogens is 284 g/mol. The average Bonchev–Trinajstić information content (AvgIpc) is 3.00. The van der Waals surface area contributed by atoms with Crippen LogP contribution in [0.3, 0.4) is 0 Å². The van der Waals surface area contributed by atoms with Gasteiger partial charge < -0.3 is 10.6 Å². The molecule has 1 aliphatic rings. The highest BCUT2D eigenvalue weighted by Crippen LogP contribution is 2.28. The summed E-state index contributed by atoms with van der Waals surface area (Å²) >= 11 is 1.59. The number of likely N-dealkylation sites (N-methyl/N-ethyl adjacent to an activating group) is 1. The first-order valence-electron chi connectivity index (χ1n) is 7.47. The zero-order valence-electron chi connectivity index (χ0n) is 12.4. The Balaban J connectivity index is 2.04. The molecule has 2 amide bonds. The summed E-state index contributed by atoms with van der Waals surface area (Å²) in [6.07, 6.45) is 7.81. The highest BCUT2D eigenvalue weighted by atomic mass is 32.1. The predicted octanol–water partition coefficient (Wildman–Crippen LogP) is 2.72. The van der Waals surface area contributed by atoms with Crippen molar-refractivity contribution in [3.8, 4) is 0 Å². The van der Waals surface area contributed by atoms with E-state index in [1.807, 2.05) is 23.8 Å². The Morgan fingerprint density at radius 2 is 2.10 bits per heavy atom. The number of thiophene rings is 1. The molecule has 0 radical (unpaired) electrons. The molecular formula is C16H22N2O2S. The van der Waals surface area contributed by atoms with Crippen molar-refractivity contribution in [3.63, 3.8) is 0 Å². The Hall–Kier alpha value is -1.62. The van der Waals surface area contributed by atoms with E-state index in [1.54, 1.807) is 17.4 Å². The minimum Gasteiger partial charge on any atom is -0.354 e. The topological polar surface area (TPSA) is 58.2 Å². The second-order valence-electron chi connectivity index (χ2n) is 5.38. The third kappa shape index (κ3) is 4.17. The maximum absolute atomic E-state index is 12.3. The van der Waals surface area contributed by atoms with Crippen LogP contribution >= 0.6 is 11.3 Å². The number of rotatable bonds is 5. The fourth-order valence-corrected chi connectivity index (χ4v) is 3.34. The van der Waals surface area contributed by atoms with E-state index in [-0.39, 0.29) is 11.8 Å². The highest BCUT2D eigenvalue weighted by molar-refractivity contribution is 7.08. The smallest absolute Gasteiger partial charge is 0.245 e. The maximum atomic E-state index is 12.3. The van der Waals surface area contributed by atoms with Crippen LogP contribution in [0, 0.1) is 0 Å². The molecule has 0 unspecified atom stereocenters. The van der Waals surface area contributed by atoms with Gasteiger partial charge in [-0.3, -0.25) is 9.59 Å². The van der Waals surface area contributed by atoms with Gasteiger partial charge in [0.05, 0.1) is 0 Å². The Labute approximate surface area is 129 Å². The van der Waals surface area contributed by atoms with E-state index in [1.165, 1.54) is 6.08 Å². The average molecular weight is 306 g/mol. The number of carbonyl (C=O) groups excluding carboxylic acids is 2. The molecule has 0 spiro atoms. The molecule has 5 heteroatoms. The van der Waals surface area contributed by atoms with Crippen molar-refractivity contribution in [2.24, 2.45) is 0 Å². The lowest BCUT2D eigenvalue weighted by Crippen LogP contribution is -2.59. The maximum Gasteiger partial charge on any atom is 0.245 e. The molecule has 0 aliphatic heterocycles. The van der Waals surface area contributed by atoms with Crippen LogP contribution in [-0.4, -0.2) is 23.9 Å². The molecule has 2 N–H and O–H groups in total. The molecule has 1 aromatic rings. The highest BCUT2D eigenvalue weighted by Gasteiger charge is 2.40. The quantitative estimate of drug-likeness (QED) is 0.822. The summed E-state index contributed by atoms with van der Waals surface area (Å²) in [4.78, 5) is 24.5. The van der Waals surface area contributed by atoms with Crippen molar-refractivity contribution in [2.45, 2.75) is 44.6 Å². The summed E-state index contributed by atoms with van der Waals surface area (Å²) in [6, 6.07) is 1.95. The molecule has 0 aromatic carbocycles. The molecule has 0 bridgehead atoms. The number of amides is 2. The second kappa shape index (κ2) is 7.41. The van der Waals surface area contributed by atoms with E-state index in [9.17, 15) is 9.59 Å². The van der Waals surface area contributed by atoms with Crippen LogP contribution in [-0.2, 0) is 9.59 Å². The van der Waals surface area contributed by atoms with Crippen LogP contribution in [0.5, 0.6) is 0 Å². The zero-order valence-corrected chi connectivity index (χ0v) is 13.2. The van der Waals surface area contributed by atoms with Crippen LogP contribution in [0.4, 0.5) is 0 Å². The van der Waals surface area contributed by atoms with Crippen molar-refractivity contribution in [3.05, 3.63) is 28.5 Å². The van der Waals surface area contributed by atoms with Crippen molar-refractivity contribution in [1.82, 2.24) is 10.6 Å². The molecule has 0 saturated heterocycles. The molecule has 1 fully saturated rings. The fraction of sp³-hybridized carbons (Fsp3) is 0.500. The van der Waals surface area contributed by atoms with E-state index < -0.39 is 5.54 Å². The number of carbonyl (C=O) groups is 2. The Kier molecular flexibility index (Phi) is 5.56. The van der Waals surface area contributed by atoms with Crippen molar-refractivity contribution in [1.29, 1.82) is 0 Å². The summed E-state index contributed by atoms with van der Waals surface area (Å²) in [7, 11) is 0. The van der Waals surface area contributed by atoms with Gasteiger partial charge in [0, 0.05) is 12.6 Å². The molecule has 114 valence electrons. The monoisotopic (exact) mass is 306 g/mol. The fourth-order valence-electron chi connectivity index (χ4n) is 2.71. The van der Waals surface area contributed by atoms with E-state index in [0.717, 1.165) is 37.7 Å². The second-order valence-corrected chi connectivity index (χ2v) is 6.16. The molecule has 1 saturated carbocycles. The molecule has 0 atom stereocenters. The Morgan fingerprint density at radius 1 is 1.33 bits per heavy atom. The van der Waals surface area contributed by atoms with E-state index in [0.29, 0.717) is 6.54 Å². The lowest BCUT2D eigenvalue weighted by Gasteiger charge is -2.36. The molecule has 21 heavy (non-hydrogen) atoms. The van der Waals surface area contributed by atoms with Gasteiger partial charge in [0.15, 0.2) is 0 Å². The van der Waals surface area contributed by atoms with Gasteiger partial charge in [-0.2, -0.15) is 11.3 Å². The number of hydrogen-bond acceptors (Lipinski definition) is 3. The van der Waals surface area contributed by atoms with Gasteiger partial charge in [-0.05, 0) is 48.2 Å². The summed E-state index contributed by atoms with van der Waals surface area (Å²) in [6.45, 7) is 2.48. The SMILES string of the molecule is CCNC(=O)C1(NC(=O)/C=C\c2ccsc2)CCCCC1. The third-order valence-corrected chi connectivity index (χ3v) is 4.51. The van der Waals surface area contributed by atoms with Gasteiger partial charge in [-0.1, -0.05) is 19.3 Å². The minimum absolute atomic E-state index is 0.0537. The van der Waals surface area contributed by atoms with Crippen LogP contribution in [0.15, 0.2) is 22.9 Å². The minimum atomic E-state index is -0.732. The van der Waals surface area contributed by atoms with Gasteiger partial charge in [0.2, 0.25) is 11.8 Å². The summed E-state index contributed by atoms with van der Waals surface area (Å²) in [5.74, 6) is -0.253. The lowest BCUT2D eigenvalue weighted by atomic mass is 9.80. The van der Waals surface area contributed by atoms with E-state index >= 15 is 0 Å². The first-order valence-corrected chi connectivity index (χ1v) is 8.41. The molecule has 2 rings (SSSR count). The Morgan fingerprint density at radius 3 is 2.71 bits per heavy atom. The van der Waals surface area contributed by atoms with Crippen LogP contribution in [0.25, 0.3) is 6.08 Å². The largest absolute Gasteiger partial charge is 0.354 e. The Bertz CT molecular complexity index is 502. The third-order valence-electron chi connectivity index (χ3n) is 3.81. The van der Waals surface area contributed by atoms with Crippen LogP contribution < -0.4 is 10.6 Å². The van der Waals surface area contributed by atoms with Gasteiger partial charge in [0.1, 0.15) is 5.54 Å². The number of hydrogen-bond donors (Lipinski definition) is 2. The molecule has 4 nitrogen and oxygen atoms in total. The summed E-state index contributed by atoms with van der Waals surface area (Å²) in [5, 5.41) is 9.74. The summed E-state index contributed by atoms with van der Waals surface area (Å²) < 4.78 is 0. The van der Waals surface area contributed by atoms with Crippen molar-refractivity contribution < 1.29 is 9.59 Å². The van der Waals surface area contributed by atoms with Crippen LogP contribution in [0.1, 0.15) is 44.6 Å². The van der Waals surface area contributed by atoms with Gasteiger partial charge in [-0.25, -0.2) is 0 Å². The summed E-state index contributed by atoms with van der Waals surface area (Å²) in [5.41, 5.74) is 0.274.